The van der Waals surface area contributed by atoms with Gasteiger partial charge in [-0.2, -0.15) is 0 Å². The van der Waals surface area contributed by atoms with E-state index in [1.54, 1.807) is 0 Å². The molecular formula is C11H18N2. The molecule has 0 atom stereocenters. The smallest absolute Gasteiger partial charge is 0.124 e. The van der Waals surface area contributed by atoms with E-state index in [9.17, 15) is 0 Å². The fraction of sp³-hybridized carbons (Fsp3) is 0.636. The fourth-order valence-electron chi connectivity index (χ4n) is 1.59. The van der Waals surface area contributed by atoms with Crippen LogP contribution in [0.15, 0.2) is 21.8 Å². The summed E-state index contributed by atoms with van der Waals surface area (Å²) in [6.07, 6.45) is 3.96. The van der Waals surface area contributed by atoms with Crippen molar-refractivity contribution >= 4 is 12.1 Å². The first-order valence-corrected chi connectivity index (χ1v) is 4.73. The van der Waals surface area contributed by atoms with Crippen LogP contribution >= 0.6 is 0 Å². The summed E-state index contributed by atoms with van der Waals surface area (Å²) in [5.74, 6) is 1.36. The molecule has 0 saturated carbocycles. The molecule has 0 aliphatic carbocycles. The van der Waals surface area contributed by atoms with E-state index in [2.05, 4.69) is 37.7 Å². The summed E-state index contributed by atoms with van der Waals surface area (Å²) in [7, 11) is 0. The normalized spacial score (nSPS) is 21.1. The number of amidine groups is 1. The Morgan fingerprint density at radius 3 is 2.46 bits per heavy atom. The van der Waals surface area contributed by atoms with Gasteiger partial charge < -0.3 is 0 Å². The Balaban J connectivity index is 3.09. The quantitative estimate of drug-likeness (QED) is 0.589. The van der Waals surface area contributed by atoms with Crippen molar-refractivity contribution < 1.29 is 0 Å². The molecule has 72 valence electrons. The second-order valence-corrected chi connectivity index (χ2v) is 4.40. The molecule has 0 unspecified atom stereocenters. The summed E-state index contributed by atoms with van der Waals surface area (Å²) in [6.45, 7) is 10.7. The average Bonchev–Trinajstić information content (AvgIpc) is 2.11. The summed E-state index contributed by atoms with van der Waals surface area (Å²) in [6, 6.07) is 0. The maximum absolute atomic E-state index is 4.28. The van der Waals surface area contributed by atoms with Crippen molar-refractivity contribution in [2.75, 3.05) is 0 Å². The van der Waals surface area contributed by atoms with E-state index >= 15 is 0 Å². The first kappa shape index (κ1) is 10.2. The first-order valence-electron chi connectivity index (χ1n) is 4.73. The Hall–Kier alpha value is -0.920. The van der Waals surface area contributed by atoms with Gasteiger partial charge in [0.2, 0.25) is 0 Å². The zero-order valence-electron chi connectivity index (χ0n) is 9.13. The molecule has 0 amide bonds. The number of hydrogen-bond donors (Lipinski definition) is 0. The molecule has 2 heteroatoms. The van der Waals surface area contributed by atoms with Crippen LogP contribution in [0.25, 0.3) is 0 Å². The predicted octanol–water partition coefficient (Wildman–Crippen LogP) is 3.06. The molecule has 1 rings (SSSR count). The van der Waals surface area contributed by atoms with E-state index in [0.717, 1.165) is 5.84 Å². The molecule has 0 fully saturated rings. The highest BCUT2D eigenvalue weighted by Gasteiger charge is 2.24. The molecule has 1 aliphatic heterocycles. The van der Waals surface area contributed by atoms with Gasteiger partial charge in [0.1, 0.15) is 5.84 Å². The minimum absolute atomic E-state index is 0.0371. The molecule has 0 bridgehead atoms. The van der Waals surface area contributed by atoms with Crippen molar-refractivity contribution in [3.63, 3.8) is 0 Å². The lowest BCUT2D eigenvalue weighted by molar-refractivity contribution is 0.549. The van der Waals surface area contributed by atoms with Gasteiger partial charge in [-0.3, -0.25) is 0 Å². The van der Waals surface area contributed by atoms with Crippen molar-refractivity contribution in [1.29, 1.82) is 0 Å². The zero-order chi connectivity index (χ0) is 10.1. The first-order chi connectivity index (χ1) is 5.93. The topological polar surface area (TPSA) is 24.7 Å². The molecule has 0 saturated heterocycles. The predicted molar refractivity (Wildman–Crippen MR) is 58.3 cm³/mol. The summed E-state index contributed by atoms with van der Waals surface area (Å²) < 4.78 is 0. The second-order valence-electron chi connectivity index (χ2n) is 4.40. The maximum atomic E-state index is 4.28. The molecule has 0 spiro atoms. The Labute approximate surface area is 80.5 Å². The van der Waals surface area contributed by atoms with Gasteiger partial charge >= 0.3 is 0 Å². The summed E-state index contributed by atoms with van der Waals surface area (Å²) in [5, 5.41) is 0. The number of rotatable bonds is 1. The summed E-state index contributed by atoms with van der Waals surface area (Å²) in [4.78, 5) is 8.56. The third-order valence-corrected chi connectivity index (χ3v) is 2.33. The van der Waals surface area contributed by atoms with E-state index in [4.69, 9.17) is 0 Å². The number of nitrogens with zero attached hydrogens (tertiary/aromatic N) is 2. The van der Waals surface area contributed by atoms with Gasteiger partial charge in [0, 0.05) is 17.8 Å². The van der Waals surface area contributed by atoms with Crippen molar-refractivity contribution in [2.45, 2.75) is 34.6 Å². The van der Waals surface area contributed by atoms with Gasteiger partial charge in [0.05, 0.1) is 0 Å². The molecule has 0 aromatic heterocycles. The lowest BCUT2D eigenvalue weighted by Gasteiger charge is -2.25. The minimum Gasteiger partial charge on any atom is -0.245 e. The van der Waals surface area contributed by atoms with Gasteiger partial charge in [-0.25, -0.2) is 9.98 Å². The van der Waals surface area contributed by atoms with E-state index in [1.807, 2.05) is 19.3 Å². The summed E-state index contributed by atoms with van der Waals surface area (Å²) in [5.41, 5.74) is 1.38. The van der Waals surface area contributed by atoms with Crippen molar-refractivity contribution in [3.05, 3.63) is 11.8 Å². The number of hydrogen-bond acceptors (Lipinski definition) is 2. The van der Waals surface area contributed by atoms with Crippen LogP contribution < -0.4 is 0 Å². The van der Waals surface area contributed by atoms with Crippen LogP contribution in [0, 0.1) is 11.3 Å². The standard InChI is InChI=1S/C11H18N2/c1-8(2)10-6-12-9(3)13-7-11(10,4)5/h6-8H,1-5H3. The van der Waals surface area contributed by atoms with E-state index in [-0.39, 0.29) is 5.41 Å². The molecule has 13 heavy (non-hydrogen) atoms. The van der Waals surface area contributed by atoms with Crippen LogP contribution in [0.2, 0.25) is 0 Å². The third kappa shape index (κ3) is 2.27. The lowest BCUT2D eigenvalue weighted by Crippen LogP contribution is -2.19. The SMILES string of the molecule is CC1=NC=C(C(C)C)C(C)(C)C=N1. The van der Waals surface area contributed by atoms with Gasteiger partial charge in [0.25, 0.3) is 0 Å². The zero-order valence-corrected chi connectivity index (χ0v) is 9.13. The van der Waals surface area contributed by atoms with Gasteiger partial charge in [-0.15, -0.1) is 0 Å². The van der Waals surface area contributed by atoms with E-state index < -0.39 is 0 Å². The Kier molecular flexibility index (Phi) is 2.69. The van der Waals surface area contributed by atoms with Crippen molar-refractivity contribution in [3.8, 4) is 0 Å². The fourth-order valence-corrected chi connectivity index (χ4v) is 1.59. The van der Waals surface area contributed by atoms with Crippen LogP contribution in [0.4, 0.5) is 0 Å². The number of aliphatic imine (C=N–C) groups is 2. The van der Waals surface area contributed by atoms with E-state index in [1.165, 1.54) is 5.57 Å². The Bertz CT molecular complexity index is 280. The van der Waals surface area contributed by atoms with Gasteiger partial charge in [0.15, 0.2) is 0 Å². The van der Waals surface area contributed by atoms with Crippen LogP contribution in [0.3, 0.4) is 0 Å². The van der Waals surface area contributed by atoms with E-state index in [0.29, 0.717) is 5.92 Å². The molecule has 0 aromatic carbocycles. The molecule has 2 nitrogen and oxygen atoms in total. The molecule has 0 radical (unpaired) electrons. The van der Waals surface area contributed by atoms with Crippen LogP contribution in [0.1, 0.15) is 34.6 Å². The van der Waals surface area contributed by atoms with Crippen molar-refractivity contribution in [2.24, 2.45) is 21.3 Å². The minimum atomic E-state index is 0.0371. The highest BCUT2D eigenvalue weighted by Crippen LogP contribution is 2.31. The third-order valence-electron chi connectivity index (χ3n) is 2.33. The van der Waals surface area contributed by atoms with Gasteiger partial charge in [-0.05, 0) is 18.4 Å². The molecule has 0 aromatic rings. The average molecular weight is 178 g/mol. The van der Waals surface area contributed by atoms with Crippen molar-refractivity contribution in [1.82, 2.24) is 0 Å². The van der Waals surface area contributed by atoms with Crippen LogP contribution in [0.5, 0.6) is 0 Å². The maximum Gasteiger partial charge on any atom is 0.124 e. The van der Waals surface area contributed by atoms with Crippen LogP contribution in [-0.4, -0.2) is 12.1 Å². The monoisotopic (exact) mass is 178 g/mol. The molecular weight excluding hydrogens is 160 g/mol. The highest BCUT2D eigenvalue weighted by atomic mass is 14.9. The molecule has 1 heterocycles. The van der Waals surface area contributed by atoms with Gasteiger partial charge in [-0.1, -0.05) is 27.7 Å². The Morgan fingerprint density at radius 2 is 1.92 bits per heavy atom. The summed E-state index contributed by atoms with van der Waals surface area (Å²) >= 11 is 0. The lowest BCUT2D eigenvalue weighted by atomic mass is 9.80. The highest BCUT2D eigenvalue weighted by molar-refractivity contribution is 5.91. The largest absolute Gasteiger partial charge is 0.245 e. The second kappa shape index (κ2) is 3.44. The Morgan fingerprint density at radius 1 is 1.31 bits per heavy atom. The number of allylic oxidation sites excluding steroid dienone is 1. The van der Waals surface area contributed by atoms with Crippen LogP contribution in [-0.2, 0) is 0 Å². The molecule has 0 N–H and O–H groups in total. The molecule has 1 aliphatic rings.